The summed E-state index contributed by atoms with van der Waals surface area (Å²) in [5.74, 6) is 0.613. The Morgan fingerprint density at radius 2 is 1.96 bits per heavy atom. The first kappa shape index (κ1) is 18.6. The molecule has 0 spiro atoms. The second-order valence-corrected chi connectivity index (χ2v) is 13.3. The largest absolute Gasteiger partial charge is 0.438 e. The molecule has 0 bridgehead atoms. The molecule has 4 nitrogen and oxygen atoms in total. The molecule has 3 aromatic rings. The average Bonchev–Trinajstić information content (AvgIpc) is 2.98. The summed E-state index contributed by atoms with van der Waals surface area (Å²) in [5.41, 5.74) is 1.57. The van der Waals surface area contributed by atoms with E-state index in [4.69, 9.17) is 9.47 Å². The van der Waals surface area contributed by atoms with Gasteiger partial charge in [0.25, 0.3) is 0 Å². The topological polar surface area (TPSA) is 36.3 Å². The lowest BCUT2D eigenvalue weighted by atomic mass is 10.2. The monoisotopic (exact) mass is 372 g/mol. The maximum Gasteiger partial charge on any atom is 0.228 e. The lowest BCUT2D eigenvalue weighted by Crippen LogP contribution is -2.21. The number of ether oxygens (including phenoxy) is 2. The Morgan fingerprint density at radius 1 is 1.15 bits per heavy atom. The SMILES string of the molecule is Cc1ccc(Oc2nccc3c2ccn3COCC[Si](C)(C)C)cc1F. The quantitative estimate of drug-likeness (QED) is 0.401. The van der Waals surface area contributed by atoms with Crippen molar-refractivity contribution in [2.75, 3.05) is 6.61 Å². The van der Waals surface area contributed by atoms with Crippen molar-refractivity contribution in [2.24, 2.45) is 0 Å². The highest BCUT2D eigenvalue weighted by molar-refractivity contribution is 6.76. The summed E-state index contributed by atoms with van der Waals surface area (Å²) >= 11 is 0. The lowest BCUT2D eigenvalue weighted by molar-refractivity contribution is 0.0902. The molecule has 0 amide bonds. The van der Waals surface area contributed by atoms with Crippen molar-refractivity contribution in [2.45, 2.75) is 39.3 Å². The Morgan fingerprint density at radius 3 is 2.69 bits per heavy atom. The minimum Gasteiger partial charge on any atom is -0.438 e. The van der Waals surface area contributed by atoms with E-state index in [0.29, 0.717) is 23.9 Å². The van der Waals surface area contributed by atoms with Crippen LogP contribution in [0.1, 0.15) is 5.56 Å². The van der Waals surface area contributed by atoms with Crippen LogP contribution in [0.4, 0.5) is 4.39 Å². The van der Waals surface area contributed by atoms with Gasteiger partial charge in [0.05, 0.1) is 10.9 Å². The van der Waals surface area contributed by atoms with Gasteiger partial charge in [0, 0.05) is 33.1 Å². The average molecular weight is 373 g/mol. The number of benzene rings is 1. The maximum atomic E-state index is 13.7. The summed E-state index contributed by atoms with van der Waals surface area (Å²) in [6.07, 6.45) is 3.66. The molecule has 0 fully saturated rings. The maximum absolute atomic E-state index is 13.7. The van der Waals surface area contributed by atoms with Gasteiger partial charge in [0.1, 0.15) is 18.3 Å². The lowest BCUT2D eigenvalue weighted by Gasteiger charge is -2.15. The summed E-state index contributed by atoms with van der Waals surface area (Å²) in [4.78, 5) is 4.30. The highest BCUT2D eigenvalue weighted by Crippen LogP contribution is 2.29. The smallest absolute Gasteiger partial charge is 0.228 e. The minimum atomic E-state index is -1.09. The number of aromatic nitrogens is 2. The second-order valence-electron chi connectivity index (χ2n) is 7.70. The second kappa shape index (κ2) is 7.59. The third-order valence-corrected chi connectivity index (χ3v) is 5.95. The van der Waals surface area contributed by atoms with E-state index in [9.17, 15) is 4.39 Å². The number of rotatable bonds is 7. The van der Waals surface area contributed by atoms with Gasteiger partial charge in [-0.25, -0.2) is 9.37 Å². The third-order valence-electron chi connectivity index (χ3n) is 4.25. The van der Waals surface area contributed by atoms with E-state index < -0.39 is 8.07 Å². The van der Waals surface area contributed by atoms with E-state index in [1.165, 1.54) is 6.07 Å². The van der Waals surface area contributed by atoms with Crippen LogP contribution < -0.4 is 4.74 Å². The zero-order valence-electron chi connectivity index (χ0n) is 15.8. The fourth-order valence-corrected chi connectivity index (χ4v) is 3.34. The van der Waals surface area contributed by atoms with Crippen LogP contribution in [-0.2, 0) is 11.5 Å². The number of halogens is 1. The van der Waals surface area contributed by atoms with Gasteiger partial charge in [-0.3, -0.25) is 0 Å². The molecule has 2 heterocycles. The van der Waals surface area contributed by atoms with Crippen molar-refractivity contribution in [1.29, 1.82) is 0 Å². The van der Waals surface area contributed by atoms with Gasteiger partial charge in [-0.05, 0) is 36.7 Å². The van der Waals surface area contributed by atoms with Crippen molar-refractivity contribution in [3.8, 4) is 11.6 Å². The van der Waals surface area contributed by atoms with E-state index in [1.54, 1.807) is 25.3 Å². The molecule has 0 saturated heterocycles. The Labute approximate surface area is 154 Å². The fourth-order valence-electron chi connectivity index (χ4n) is 2.58. The summed E-state index contributed by atoms with van der Waals surface area (Å²) < 4.78 is 27.4. The number of aryl methyl sites for hydroxylation is 1. The van der Waals surface area contributed by atoms with Crippen LogP contribution in [-0.4, -0.2) is 24.2 Å². The molecule has 0 aliphatic rings. The highest BCUT2D eigenvalue weighted by atomic mass is 28.3. The number of hydrogen-bond donors (Lipinski definition) is 0. The molecule has 138 valence electrons. The van der Waals surface area contributed by atoms with Gasteiger partial charge in [0.15, 0.2) is 0 Å². The van der Waals surface area contributed by atoms with Crippen LogP contribution in [0.15, 0.2) is 42.7 Å². The van der Waals surface area contributed by atoms with E-state index >= 15 is 0 Å². The molecule has 2 aromatic heterocycles. The zero-order valence-corrected chi connectivity index (χ0v) is 16.8. The van der Waals surface area contributed by atoms with Gasteiger partial charge < -0.3 is 14.0 Å². The molecule has 0 aliphatic heterocycles. The number of nitrogens with zero attached hydrogens (tertiary/aromatic N) is 2. The molecule has 0 saturated carbocycles. The predicted molar refractivity (Wildman–Crippen MR) is 105 cm³/mol. The van der Waals surface area contributed by atoms with Gasteiger partial charge in [-0.1, -0.05) is 25.7 Å². The van der Waals surface area contributed by atoms with E-state index in [0.717, 1.165) is 23.6 Å². The Hall–Kier alpha value is -2.18. The van der Waals surface area contributed by atoms with E-state index in [2.05, 4.69) is 24.6 Å². The summed E-state index contributed by atoms with van der Waals surface area (Å²) in [7, 11) is -1.09. The summed E-state index contributed by atoms with van der Waals surface area (Å²) in [5, 5.41) is 0.877. The van der Waals surface area contributed by atoms with E-state index in [-0.39, 0.29) is 5.82 Å². The number of hydrogen-bond acceptors (Lipinski definition) is 3. The standard InChI is InChI=1S/C20H25FN2O2Si/c1-15-5-6-16(13-18(15)21)25-20-17-8-10-23(19(17)7-9-22-20)14-24-11-12-26(2,3)4/h5-10,13H,11-12,14H2,1-4H3. The zero-order chi connectivity index (χ0) is 18.7. The van der Waals surface area contributed by atoms with Crippen LogP contribution in [0, 0.1) is 12.7 Å². The molecule has 0 aliphatic carbocycles. The molecule has 26 heavy (non-hydrogen) atoms. The Bertz CT molecular complexity index is 902. The molecule has 3 rings (SSSR count). The van der Waals surface area contributed by atoms with Crippen LogP contribution in [0.3, 0.4) is 0 Å². The highest BCUT2D eigenvalue weighted by Gasteiger charge is 2.13. The van der Waals surface area contributed by atoms with Crippen LogP contribution >= 0.6 is 0 Å². The van der Waals surface area contributed by atoms with Crippen LogP contribution in [0.25, 0.3) is 10.9 Å². The van der Waals surface area contributed by atoms with Crippen molar-refractivity contribution in [1.82, 2.24) is 9.55 Å². The van der Waals surface area contributed by atoms with Crippen LogP contribution in [0.2, 0.25) is 25.7 Å². The van der Waals surface area contributed by atoms with Crippen molar-refractivity contribution < 1.29 is 13.9 Å². The van der Waals surface area contributed by atoms with Crippen molar-refractivity contribution >= 4 is 19.0 Å². The molecule has 0 radical (unpaired) electrons. The molecular weight excluding hydrogens is 347 g/mol. The molecule has 0 N–H and O–H groups in total. The fraction of sp³-hybridized carbons (Fsp3) is 0.350. The van der Waals surface area contributed by atoms with E-state index in [1.807, 2.05) is 22.9 Å². The first-order valence-electron chi connectivity index (χ1n) is 8.79. The first-order valence-corrected chi connectivity index (χ1v) is 12.5. The first-order chi connectivity index (χ1) is 12.3. The molecule has 1 aromatic carbocycles. The molecule has 6 heteroatoms. The summed E-state index contributed by atoms with van der Waals surface area (Å²) in [6, 6.07) is 9.84. The molecule has 0 atom stereocenters. The Kier molecular flexibility index (Phi) is 5.43. The molecular formula is C20H25FN2O2Si. The van der Waals surface area contributed by atoms with Gasteiger partial charge in [-0.15, -0.1) is 0 Å². The van der Waals surface area contributed by atoms with Gasteiger partial charge in [0.2, 0.25) is 5.88 Å². The van der Waals surface area contributed by atoms with Crippen molar-refractivity contribution in [3.05, 3.63) is 54.1 Å². The minimum absolute atomic E-state index is 0.289. The van der Waals surface area contributed by atoms with Gasteiger partial charge >= 0.3 is 0 Å². The summed E-state index contributed by atoms with van der Waals surface area (Å²) in [6.45, 7) is 10.0. The third kappa shape index (κ3) is 4.50. The van der Waals surface area contributed by atoms with Crippen LogP contribution in [0.5, 0.6) is 11.6 Å². The number of pyridine rings is 1. The predicted octanol–water partition coefficient (Wildman–Crippen LogP) is 5.59. The van der Waals surface area contributed by atoms with Gasteiger partial charge in [-0.2, -0.15) is 0 Å². The van der Waals surface area contributed by atoms with Crippen molar-refractivity contribution in [3.63, 3.8) is 0 Å². The molecule has 0 unspecified atom stereocenters. The normalized spacial score (nSPS) is 11.9. The number of fused-ring (bicyclic) bond motifs is 1. The Balaban J connectivity index is 1.74.